The zero-order valence-electron chi connectivity index (χ0n) is 8.38. The van der Waals surface area contributed by atoms with E-state index < -0.39 is 10.0 Å². The van der Waals surface area contributed by atoms with Gasteiger partial charge in [0.1, 0.15) is 0 Å². The molecule has 0 bridgehead atoms. The number of rotatable bonds is 6. The van der Waals surface area contributed by atoms with Crippen LogP contribution in [0.4, 0.5) is 0 Å². The van der Waals surface area contributed by atoms with Gasteiger partial charge in [-0.05, 0) is 26.7 Å². The second kappa shape index (κ2) is 5.98. The molecule has 1 N–H and O–H groups in total. The molecule has 1 unspecified atom stereocenters. The summed E-state index contributed by atoms with van der Waals surface area (Å²) in [4.78, 5) is 0.405. The summed E-state index contributed by atoms with van der Waals surface area (Å²) in [7, 11) is -3.07. The molecule has 5 heteroatoms. The molecule has 0 aliphatic heterocycles. The average Bonchev–Trinajstić information content (AvgIpc) is 2.03. The number of hydrogen-bond donors (Lipinski definition) is 1. The van der Waals surface area contributed by atoms with Crippen molar-refractivity contribution in [1.29, 1.82) is 0 Å². The average molecular weight is 272 g/mol. The van der Waals surface area contributed by atoms with Crippen LogP contribution in [0.15, 0.2) is 0 Å². The number of halogens is 1. The van der Waals surface area contributed by atoms with Crippen LogP contribution in [-0.4, -0.2) is 25.0 Å². The van der Waals surface area contributed by atoms with Gasteiger partial charge in [0, 0.05) is 11.4 Å². The van der Waals surface area contributed by atoms with Crippen LogP contribution in [0.3, 0.4) is 0 Å². The second-order valence-electron chi connectivity index (χ2n) is 3.28. The zero-order valence-corrected chi connectivity index (χ0v) is 10.8. The van der Waals surface area contributed by atoms with Gasteiger partial charge in [0.15, 0.2) is 0 Å². The van der Waals surface area contributed by atoms with E-state index in [1.54, 1.807) is 13.8 Å². The van der Waals surface area contributed by atoms with Crippen LogP contribution < -0.4 is 4.72 Å². The fraction of sp³-hybridized carbons (Fsp3) is 1.00. The van der Waals surface area contributed by atoms with Crippen molar-refractivity contribution in [3.63, 3.8) is 0 Å². The lowest BCUT2D eigenvalue weighted by atomic mass is 10.2. The van der Waals surface area contributed by atoms with Crippen molar-refractivity contribution in [2.24, 2.45) is 0 Å². The third kappa shape index (κ3) is 5.65. The van der Waals surface area contributed by atoms with E-state index in [0.29, 0.717) is 11.4 Å². The van der Waals surface area contributed by atoms with E-state index in [4.69, 9.17) is 0 Å². The van der Waals surface area contributed by atoms with E-state index in [2.05, 4.69) is 27.6 Å². The van der Waals surface area contributed by atoms with Crippen molar-refractivity contribution >= 4 is 26.0 Å². The highest BCUT2D eigenvalue weighted by Gasteiger charge is 2.14. The summed E-state index contributed by atoms with van der Waals surface area (Å²) in [5.41, 5.74) is 0. The molecule has 0 fully saturated rings. The highest BCUT2D eigenvalue weighted by molar-refractivity contribution is 9.09. The first-order chi connectivity index (χ1) is 5.90. The first-order valence-corrected chi connectivity index (χ1v) is 6.99. The molecule has 80 valence electrons. The van der Waals surface area contributed by atoms with Gasteiger partial charge >= 0.3 is 0 Å². The fourth-order valence-electron chi connectivity index (χ4n) is 0.729. The Morgan fingerprint density at radius 3 is 2.31 bits per heavy atom. The third-order valence-corrected chi connectivity index (χ3v) is 4.78. The van der Waals surface area contributed by atoms with Crippen LogP contribution in [-0.2, 0) is 10.0 Å². The smallest absolute Gasteiger partial charge is 0.213 e. The normalized spacial score (nSPS) is 14.8. The van der Waals surface area contributed by atoms with E-state index in [1.165, 1.54) is 0 Å². The first kappa shape index (κ1) is 13.4. The number of alkyl halides is 1. The lowest BCUT2D eigenvalue weighted by molar-refractivity contribution is 0.568. The molecule has 0 rings (SSSR count). The van der Waals surface area contributed by atoms with Gasteiger partial charge in [-0.25, -0.2) is 13.1 Å². The van der Waals surface area contributed by atoms with Crippen molar-refractivity contribution in [2.45, 2.75) is 43.7 Å². The summed E-state index contributed by atoms with van der Waals surface area (Å²) in [5.74, 6) is 0. The minimum Gasteiger partial charge on any atom is -0.215 e. The van der Waals surface area contributed by atoms with Gasteiger partial charge in [0.25, 0.3) is 0 Å². The Hall–Kier alpha value is 0.390. The molecule has 0 aliphatic carbocycles. The van der Waals surface area contributed by atoms with Crippen molar-refractivity contribution < 1.29 is 8.42 Å². The van der Waals surface area contributed by atoms with Gasteiger partial charge in [0.05, 0.1) is 5.25 Å². The molecule has 0 heterocycles. The van der Waals surface area contributed by atoms with E-state index in [-0.39, 0.29) is 5.25 Å². The molecule has 0 radical (unpaired) electrons. The van der Waals surface area contributed by atoms with E-state index >= 15 is 0 Å². The summed E-state index contributed by atoms with van der Waals surface area (Å²) in [6.45, 7) is 5.93. The molecule has 0 spiro atoms. The molecule has 0 saturated heterocycles. The van der Waals surface area contributed by atoms with Crippen LogP contribution in [0.2, 0.25) is 0 Å². The van der Waals surface area contributed by atoms with Crippen LogP contribution >= 0.6 is 15.9 Å². The van der Waals surface area contributed by atoms with Crippen molar-refractivity contribution in [3.05, 3.63) is 0 Å². The van der Waals surface area contributed by atoms with Crippen molar-refractivity contribution in [2.75, 3.05) is 6.54 Å². The topological polar surface area (TPSA) is 46.2 Å². The van der Waals surface area contributed by atoms with Gasteiger partial charge in [-0.3, -0.25) is 0 Å². The van der Waals surface area contributed by atoms with Gasteiger partial charge in [-0.2, -0.15) is 0 Å². The van der Waals surface area contributed by atoms with Gasteiger partial charge in [0.2, 0.25) is 10.0 Å². The molecule has 0 saturated carbocycles. The van der Waals surface area contributed by atoms with E-state index in [9.17, 15) is 8.42 Å². The monoisotopic (exact) mass is 271 g/mol. The van der Waals surface area contributed by atoms with Gasteiger partial charge < -0.3 is 0 Å². The Bertz CT molecular complexity index is 226. The van der Waals surface area contributed by atoms with Crippen LogP contribution in [0.1, 0.15) is 33.6 Å². The van der Waals surface area contributed by atoms with Crippen LogP contribution in [0, 0.1) is 0 Å². The Balaban J connectivity index is 3.78. The molecular formula is C8H18BrNO2S. The second-order valence-corrected chi connectivity index (χ2v) is 6.90. The quantitative estimate of drug-likeness (QED) is 0.750. The third-order valence-electron chi connectivity index (χ3n) is 1.82. The van der Waals surface area contributed by atoms with Gasteiger partial charge in [-0.15, -0.1) is 0 Å². The molecule has 0 amide bonds. The number of nitrogens with one attached hydrogen (secondary N) is 1. The molecule has 0 aromatic carbocycles. The summed E-state index contributed by atoms with van der Waals surface area (Å²) in [5, 5.41) is -0.345. The summed E-state index contributed by atoms with van der Waals surface area (Å²) < 4.78 is 25.1. The largest absolute Gasteiger partial charge is 0.215 e. The van der Waals surface area contributed by atoms with E-state index in [1.807, 2.05) is 0 Å². The molecule has 13 heavy (non-hydrogen) atoms. The maximum Gasteiger partial charge on any atom is 0.213 e. The number of hydrogen-bond acceptors (Lipinski definition) is 2. The van der Waals surface area contributed by atoms with Gasteiger partial charge in [-0.1, -0.05) is 22.9 Å². The van der Waals surface area contributed by atoms with Crippen molar-refractivity contribution in [1.82, 2.24) is 4.72 Å². The Kier molecular flexibility index (Phi) is 6.16. The van der Waals surface area contributed by atoms with Crippen LogP contribution in [0.25, 0.3) is 0 Å². The molecule has 0 aromatic heterocycles. The lowest BCUT2D eigenvalue weighted by Crippen LogP contribution is -2.32. The highest BCUT2D eigenvalue weighted by atomic mass is 79.9. The predicted octanol–water partition coefficient (Wildman–Crippen LogP) is 1.88. The minimum absolute atomic E-state index is 0.345. The van der Waals surface area contributed by atoms with Crippen molar-refractivity contribution in [3.8, 4) is 0 Å². The summed E-state index contributed by atoms with van der Waals surface area (Å²) >= 11 is 3.45. The Morgan fingerprint density at radius 2 is 1.92 bits per heavy atom. The molecule has 0 aromatic rings. The SMILES string of the molecule is CCC(Br)CCNS(=O)(=O)C(C)C. The van der Waals surface area contributed by atoms with E-state index in [0.717, 1.165) is 12.8 Å². The molecule has 1 atom stereocenters. The number of sulfonamides is 1. The predicted molar refractivity (Wildman–Crippen MR) is 59.7 cm³/mol. The summed E-state index contributed by atoms with van der Waals surface area (Å²) in [6, 6.07) is 0. The minimum atomic E-state index is -3.07. The Morgan fingerprint density at radius 1 is 1.38 bits per heavy atom. The fourth-order valence-corrected chi connectivity index (χ4v) is 1.69. The summed E-state index contributed by atoms with van der Waals surface area (Å²) in [6.07, 6.45) is 1.85. The maximum atomic E-state index is 11.3. The highest BCUT2D eigenvalue weighted by Crippen LogP contribution is 2.08. The first-order valence-electron chi connectivity index (χ1n) is 4.52. The van der Waals surface area contributed by atoms with Crippen LogP contribution in [0.5, 0.6) is 0 Å². The lowest BCUT2D eigenvalue weighted by Gasteiger charge is -2.10. The maximum absolute atomic E-state index is 11.3. The standard InChI is InChI=1S/C8H18BrNO2S/c1-4-8(9)5-6-10-13(11,12)7(2)3/h7-8,10H,4-6H2,1-3H3. The molecular weight excluding hydrogens is 254 g/mol. The molecule has 3 nitrogen and oxygen atoms in total. The Labute approximate surface area is 89.5 Å². The molecule has 0 aliphatic rings. The zero-order chi connectivity index (χ0) is 10.5.